The minimum absolute atomic E-state index is 0.0399. The number of amides is 2. The number of hydrogen-bond donors (Lipinski definition) is 2. The number of nitrogens with zero attached hydrogens (tertiary/aromatic N) is 2. The first-order chi connectivity index (χ1) is 15.2. The first kappa shape index (κ1) is 26.4. The third-order valence-electron chi connectivity index (χ3n) is 5.57. The number of nitrogens with one attached hydrogen (secondary N) is 1. The average molecular weight is 482 g/mol. The van der Waals surface area contributed by atoms with Crippen LogP contribution in [-0.4, -0.2) is 66.9 Å². The van der Waals surface area contributed by atoms with Crippen molar-refractivity contribution in [2.24, 2.45) is 5.92 Å². The van der Waals surface area contributed by atoms with Crippen LogP contribution in [0.2, 0.25) is 10.0 Å². The maximum Gasteiger partial charge on any atom is 0.321 e. The molecule has 0 aromatic heterocycles. The molecular formula is C24H33Cl2N3O3. The fourth-order valence-corrected chi connectivity index (χ4v) is 3.76. The Morgan fingerprint density at radius 2 is 1.75 bits per heavy atom. The Labute approximate surface area is 201 Å². The van der Waals surface area contributed by atoms with E-state index in [2.05, 4.69) is 17.1 Å². The van der Waals surface area contributed by atoms with E-state index >= 15 is 0 Å². The van der Waals surface area contributed by atoms with E-state index in [1.165, 1.54) is 0 Å². The van der Waals surface area contributed by atoms with Gasteiger partial charge in [0.15, 0.2) is 0 Å². The summed E-state index contributed by atoms with van der Waals surface area (Å²) in [6, 6.07) is 14.4. The number of likely N-dealkylation sites (N-methyl/N-ethyl adjacent to an activating group) is 1. The molecule has 0 saturated carbocycles. The van der Waals surface area contributed by atoms with Gasteiger partial charge in [-0.25, -0.2) is 4.79 Å². The quantitative estimate of drug-likeness (QED) is 0.474. The van der Waals surface area contributed by atoms with Gasteiger partial charge in [-0.1, -0.05) is 48.3 Å². The largest absolute Gasteiger partial charge is 0.395 e. The van der Waals surface area contributed by atoms with Crippen molar-refractivity contribution in [1.82, 2.24) is 9.80 Å². The molecule has 2 aromatic rings. The highest BCUT2D eigenvalue weighted by Gasteiger charge is 2.25. The van der Waals surface area contributed by atoms with Crippen LogP contribution in [0.25, 0.3) is 0 Å². The number of methoxy groups -OCH3 is 1. The third kappa shape index (κ3) is 7.94. The van der Waals surface area contributed by atoms with Crippen LogP contribution in [0.5, 0.6) is 0 Å². The zero-order valence-corrected chi connectivity index (χ0v) is 20.6. The van der Waals surface area contributed by atoms with Gasteiger partial charge in [0, 0.05) is 55.6 Å². The van der Waals surface area contributed by atoms with E-state index in [0.29, 0.717) is 35.4 Å². The molecule has 0 bridgehead atoms. The Balaban J connectivity index is 2.00. The summed E-state index contributed by atoms with van der Waals surface area (Å²) in [7, 11) is 3.39. The van der Waals surface area contributed by atoms with Gasteiger partial charge in [0.05, 0.1) is 12.7 Å². The number of urea groups is 1. The Morgan fingerprint density at radius 1 is 1.09 bits per heavy atom. The Kier molecular flexibility index (Phi) is 10.7. The summed E-state index contributed by atoms with van der Waals surface area (Å²) < 4.78 is 5.73. The molecule has 32 heavy (non-hydrogen) atoms. The van der Waals surface area contributed by atoms with Crippen molar-refractivity contribution in [1.29, 1.82) is 0 Å². The summed E-state index contributed by atoms with van der Waals surface area (Å²) in [4.78, 5) is 16.4. The van der Waals surface area contributed by atoms with E-state index in [9.17, 15) is 9.90 Å². The molecule has 0 radical (unpaired) electrons. The maximum atomic E-state index is 12.6. The number of benzene rings is 2. The van der Waals surface area contributed by atoms with E-state index < -0.39 is 0 Å². The fourth-order valence-electron chi connectivity index (χ4n) is 3.44. The van der Waals surface area contributed by atoms with Gasteiger partial charge in [-0.3, -0.25) is 4.90 Å². The number of rotatable bonds is 11. The van der Waals surface area contributed by atoms with Crippen LogP contribution in [-0.2, 0) is 11.3 Å². The molecule has 3 atom stereocenters. The summed E-state index contributed by atoms with van der Waals surface area (Å²) in [6.45, 7) is 5.83. The predicted octanol–water partition coefficient (Wildman–Crippen LogP) is 4.99. The Hall–Kier alpha value is -1.83. The second kappa shape index (κ2) is 13.0. The highest BCUT2D eigenvalue weighted by molar-refractivity contribution is 6.31. The van der Waals surface area contributed by atoms with E-state index in [1.54, 1.807) is 43.3 Å². The van der Waals surface area contributed by atoms with Gasteiger partial charge >= 0.3 is 6.03 Å². The lowest BCUT2D eigenvalue weighted by molar-refractivity contribution is 0.0154. The van der Waals surface area contributed by atoms with Crippen molar-refractivity contribution in [2.75, 3.05) is 39.2 Å². The molecule has 0 spiro atoms. The fraction of sp³-hybridized carbons (Fsp3) is 0.458. The lowest BCUT2D eigenvalue weighted by Gasteiger charge is -2.34. The SMILES string of the molecule is CO[C@@H](CN(C)C(=O)Nc1ccc(Cl)cc1)[C@H](C)CN(Cc1ccccc1Cl)[C@H](C)CO. The van der Waals surface area contributed by atoms with Gasteiger partial charge in [-0.2, -0.15) is 0 Å². The molecule has 0 aliphatic rings. The molecule has 2 N–H and O–H groups in total. The number of ether oxygens (including phenoxy) is 1. The second-order valence-electron chi connectivity index (χ2n) is 8.12. The molecule has 6 nitrogen and oxygen atoms in total. The molecule has 0 aliphatic carbocycles. The third-order valence-corrected chi connectivity index (χ3v) is 6.20. The number of aliphatic hydroxyl groups excluding tert-OH is 1. The normalized spacial score (nSPS) is 14.1. The van der Waals surface area contributed by atoms with Gasteiger partial charge in [0.1, 0.15) is 0 Å². The van der Waals surface area contributed by atoms with Crippen molar-refractivity contribution in [3.05, 3.63) is 64.1 Å². The lowest BCUT2D eigenvalue weighted by atomic mass is 10.0. The average Bonchev–Trinajstić information content (AvgIpc) is 2.78. The van der Waals surface area contributed by atoms with Crippen LogP contribution in [0.15, 0.2) is 48.5 Å². The molecule has 2 rings (SSSR count). The lowest BCUT2D eigenvalue weighted by Crippen LogP contribution is -2.45. The van der Waals surface area contributed by atoms with Crippen LogP contribution in [0.1, 0.15) is 19.4 Å². The van der Waals surface area contributed by atoms with Gasteiger partial charge < -0.3 is 20.1 Å². The molecule has 2 amide bonds. The van der Waals surface area contributed by atoms with Crippen molar-refractivity contribution in [3.8, 4) is 0 Å². The number of halogens is 2. The van der Waals surface area contributed by atoms with Gasteiger partial charge in [-0.15, -0.1) is 0 Å². The van der Waals surface area contributed by atoms with Gasteiger partial charge in [-0.05, 0) is 48.7 Å². The topological polar surface area (TPSA) is 65.0 Å². The van der Waals surface area contributed by atoms with Crippen LogP contribution in [0.4, 0.5) is 10.5 Å². The zero-order chi connectivity index (χ0) is 23.7. The van der Waals surface area contributed by atoms with Crippen molar-refractivity contribution in [2.45, 2.75) is 32.5 Å². The van der Waals surface area contributed by atoms with Crippen LogP contribution in [0, 0.1) is 5.92 Å². The number of carbonyl (C=O) groups is 1. The number of anilines is 1. The van der Waals surface area contributed by atoms with Gasteiger partial charge in [0.2, 0.25) is 0 Å². The summed E-state index contributed by atoms with van der Waals surface area (Å²) >= 11 is 12.2. The molecule has 0 unspecified atom stereocenters. The van der Waals surface area contributed by atoms with Crippen molar-refractivity contribution < 1.29 is 14.6 Å². The van der Waals surface area contributed by atoms with E-state index in [-0.39, 0.29) is 30.7 Å². The molecule has 2 aromatic carbocycles. The van der Waals surface area contributed by atoms with Crippen LogP contribution >= 0.6 is 23.2 Å². The summed E-state index contributed by atoms with van der Waals surface area (Å²) in [5, 5.41) is 13.9. The summed E-state index contributed by atoms with van der Waals surface area (Å²) in [5.41, 5.74) is 1.69. The first-order valence-electron chi connectivity index (χ1n) is 10.6. The Bertz CT molecular complexity index is 851. The molecule has 0 heterocycles. The molecule has 0 aliphatic heterocycles. The van der Waals surface area contributed by atoms with Crippen molar-refractivity contribution in [3.63, 3.8) is 0 Å². The van der Waals surface area contributed by atoms with Crippen molar-refractivity contribution >= 4 is 34.9 Å². The first-order valence-corrected chi connectivity index (χ1v) is 11.4. The summed E-state index contributed by atoms with van der Waals surface area (Å²) in [5.74, 6) is 0.0993. The smallest absolute Gasteiger partial charge is 0.321 e. The standard InChI is InChI=1S/C24H33Cl2N3O3/c1-17(13-29(18(2)16-30)14-19-7-5-6-8-22(19)26)23(32-4)15-28(3)24(31)27-21-11-9-20(25)10-12-21/h5-12,17-18,23,30H,13-16H2,1-4H3,(H,27,31)/t17-,18-,23+/m1/s1. The minimum Gasteiger partial charge on any atom is -0.395 e. The zero-order valence-electron chi connectivity index (χ0n) is 19.1. The molecule has 176 valence electrons. The summed E-state index contributed by atoms with van der Waals surface area (Å²) in [6.07, 6.45) is -0.185. The molecule has 0 fully saturated rings. The highest BCUT2D eigenvalue weighted by Crippen LogP contribution is 2.21. The molecule has 0 saturated heterocycles. The predicted molar refractivity (Wildman–Crippen MR) is 131 cm³/mol. The minimum atomic E-state index is -0.224. The number of hydrogen-bond acceptors (Lipinski definition) is 4. The Morgan fingerprint density at radius 3 is 2.34 bits per heavy atom. The van der Waals surface area contributed by atoms with Gasteiger partial charge in [0.25, 0.3) is 0 Å². The van der Waals surface area contributed by atoms with Crippen LogP contribution in [0.3, 0.4) is 0 Å². The molecule has 8 heteroatoms. The maximum absolute atomic E-state index is 12.6. The monoisotopic (exact) mass is 481 g/mol. The second-order valence-corrected chi connectivity index (χ2v) is 8.97. The number of carbonyl (C=O) groups excluding carboxylic acids is 1. The van der Waals surface area contributed by atoms with E-state index in [4.69, 9.17) is 27.9 Å². The molecular weight excluding hydrogens is 449 g/mol. The highest BCUT2D eigenvalue weighted by atomic mass is 35.5. The number of aliphatic hydroxyl groups is 1. The van der Waals surface area contributed by atoms with E-state index in [1.807, 2.05) is 31.2 Å². The van der Waals surface area contributed by atoms with E-state index in [0.717, 1.165) is 5.56 Å². The van der Waals surface area contributed by atoms with Crippen LogP contribution < -0.4 is 5.32 Å².